The summed E-state index contributed by atoms with van der Waals surface area (Å²) in [6.07, 6.45) is 4.83. The van der Waals surface area contributed by atoms with E-state index in [0.717, 1.165) is 25.7 Å². The summed E-state index contributed by atoms with van der Waals surface area (Å²) in [6.45, 7) is 8.53. The molecule has 0 fully saturated rings. The van der Waals surface area contributed by atoms with Crippen LogP contribution >= 0.6 is 0 Å². The van der Waals surface area contributed by atoms with Crippen molar-refractivity contribution in [1.82, 2.24) is 0 Å². The van der Waals surface area contributed by atoms with Gasteiger partial charge in [0.25, 0.3) is 0 Å². The minimum atomic E-state index is -0.601. The Hall–Kier alpha value is -1.40. The summed E-state index contributed by atoms with van der Waals surface area (Å²) in [6, 6.07) is -0.530. The van der Waals surface area contributed by atoms with Crippen molar-refractivity contribution in [2.24, 2.45) is 11.7 Å². The Kier molecular flexibility index (Phi) is 9.75. The molecule has 0 radical (unpaired) electrons. The van der Waals surface area contributed by atoms with E-state index in [4.69, 9.17) is 19.9 Å². The van der Waals surface area contributed by atoms with Crippen LogP contribution < -0.4 is 5.73 Å². The van der Waals surface area contributed by atoms with Crippen molar-refractivity contribution < 1.29 is 23.8 Å². The molecule has 0 saturated heterocycles. The second-order valence-corrected chi connectivity index (χ2v) is 6.37. The number of carbonyl (C=O) groups excluding carboxylic acids is 2. The SMILES string of the molecule is CCCCOC(=O)C1[C@@H](N)CC(C(=O)OCC)=C[C@H]1OC(CC)CC. The van der Waals surface area contributed by atoms with Crippen molar-refractivity contribution in [1.29, 1.82) is 0 Å². The molecule has 1 unspecified atom stereocenters. The molecule has 0 saturated carbocycles. The first kappa shape index (κ1) is 21.6. The van der Waals surface area contributed by atoms with Gasteiger partial charge in [0.1, 0.15) is 5.92 Å². The van der Waals surface area contributed by atoms with E-state index in [1.165, 1.54) is 0 Å². The van der Waals surface area contributed by atoms with Gasteiger partial charge in [0, 0.05) is 11.6 Å². The first-order valence-electron chi connectivity index (χ1n) is 9.43. The van der Waals surface area contributed by atoms with Gasteiger partial charge in [0.15, 0.2) is 0 Å². The van der Waals surface area contributed by atoms with Crippen LogP contribution in [-0.2, 0) is 23.8 Å². The summed E-state index contributed by atoms with van der Waals surface area (Å²) in [5, 5.41) is 0. The molecule has 144 valence electrons. The van der Waals surface area contributed by atoms with Gasteiger partial charge in [-0.05, 0) is 38.7 Å². The lowest BCUT2D eigenvalue weighted by Gasteiger charge is -2.34. The smallest absolute Gasteiger partial charge is 0.333 e. The third-order valence-electron chi connectivity index (χ3n) is 4.45. The predicted octanol–water partition coefficient (Wildman–Crippen LogP) is 2.74. The largest absolute Gasteiger partial charge is 0.465 e. The molecule has 25 heavy (non-hydrogen) atoms. The van der Waals surface area contributed by atoms with E-state index >= 15 is 0 Å². The standard InChI is InChI=1S/C19H33NO5/c1-5-9-10-24-19(22)17-15(20)11-13(18(21)23-8-4)12-16(17)25-14(6-2)7-3/h12,14-17H,5-11,20H2,1-4H3/t15-,16+,17?/m0/s1. The van der Waals surface area contributed by atoms with Crippen molar-refractivity contribution in [2.45, 2.75) is 78.0 Å². The lowest BCUT2D eigenvalue weighted by Crippen LogP contribution is -2.48. The summed E-state index contributed by atoms with van der Waals surface area (Å²) >= 11 is 0. The normalized spacial score (nSPS) is 23.3. The van der Waals surface area contributed by atoms with Gasteiger partial charge in [-0.25, -0.2) is 4.79 Å². The van der Waals surface area contributed by atoms with Crippen LogP contribution in [0, 0.1) is 5.92 Å². The number of carbonyl (C=O) groups is 2. The maximum Gasteiger partial charge on any atom is 0.333 e. The van der Waals surface area contributed by atoms with Crippen LogP contribution in [0.2, 0.25) is 0 Å². The molecule has 0 heterocycles. The molecule has 6 nitrogen and oxygen atoms in total. The minimum absolute atomic E-state index is 0.000868. The van der Waals surface area contributed by atoms with Gasteiger partial charge < -0.3 is 19.9 Å². The number of unbranched alkanes of at least 4 members (excludes halogenated alkanes) is 1. The van der Waals surface area contributed by atoms with Crippen LogP contribution in [0.15, 0.2) is 11.6 Å². The molecule has 0 aromatic rings. The summed E-state index contributed by atoms with van der Waals surface area (Å²) in [5.74, 6) is -1.35. The second-order valence-electron chi connectivity index (χ2n) is 6.37. The molecular weight excluding hydrogens is 322 g/mol. The number of ether oxygens (including phenoxy) is 3. The molecular formula is C19H33NO5. The van der Waals surface area contributed by atoms with E-state index in [1.54, 1.807) is 13.0 Å². The third-order valence-corrected chi connectivity index (χ3v) is 4.45. The lowest BCUT2D eigenvalue weighted by atomic mass is 9.83. The molecule has 3 atom stereocenters. The monoisotopic (exact) mass is 355 g/mol. The fraction of sp³-hybridized carbons (Fsp3) is 0.789. The molecule has 0 aliphatic heterocycles. The van der Waals surface area contributed by atoms with Crippen molar-refractivity contribution in [3.8, 4) is 0 Å². The zero-order valence-electron chi connectivity index (χ0n) is 16.0. The first-order chi connectivity index (χ1) is 12.0. The Bertz CT molecular complexity index is 459. The quantitative estimate of drug-likeness (QED) is 0.479. The number of nitrogens with two attached hydrogens (primary N) is 1. The average molecular weight is 355 g/mol. The van der Waals surface area contributed by atoms with E-state index in [2.05, 4.69) is 0 Å². The maximum absolute atomic E-state index is 12.5. The molecule has 2 N–H and O–H groups in total. The first-order valence-corrected chi connectivity index (χ1v) is 9.43. The zero-order chi connectivity index (χ0) is 18.8. The fourth-order valence-electron chi connectivity index (χ4n) is 2.92. The van der Waals surface area contributed by atoms with Crippen molar-refractivity contribution >= 4 is 11.9 Å². The van der Waals surface area contributed by atoms with Gasteiger partial charge in [-0.15, -0.1) is 0 Å². The van der Waals surface area contributed by atoms with E-state index < -0.39 is 24.0 Å². The molecule has 6 heteroatoms. The van der Waals surface area contributed by atoms with Gasteiger partial charge >= 0.3 is 11.9 Å². The summed E-state index contributed by atoms with van der Waals surface area (Å²) < 4.78 is 16.5. The fourth-order valence-corrected chi connectivity index (χ4v) is 2.92. The van der Waals surface area contributed by atoms with Gasteiger partial charge in [0.05, 0.1) is 25.4 Å². The Morgan fingerprint density at radius 3 is 2.44 bits per heavy atom. The molecule has 0 aromatic carbocycles. The van der Waals surface area contributed by atoms with Crippen LogP contribution in [0.1, 0.15) is 59.8 Å². The van der Waals surface area contributed by atoms with E-state index in [0.29, 0.717) is 18.8 Å². The zero-order valence-corrected chi connectivity index (χ0v) is 16.0. The Morgan fingerprint density at radius 2 is 1.88 bits per heavy atom. The molecule has 0 aromatic heterocycles. The minimum Gasteiger partial charge on any atom is -0.465 e. The average Bonchev–Trinajstić information content (AvgIpc) is 2.59. The summed E-state index contributed by atoms with van der Waals surface area (Å²) in [7, 11) is 0. The van der Waals surface area contributed by atoms with E-state index in [1.807, 2.05) is 20.8 Å². The molecule has 1 aliphatic rings. The highest BCUT2D eigenvalue weighted by Crippen LogP contribution is 2.29. The van der Waals surface area contributed by atoms with Gasteiger partial charge in [0.2, 0.25) is 0 Å². The summed E-state index contributed by atoms with van der Waals surface area (Å²) in [5.41, 5.74) is 6.70. The molecule has 0 spiro atoms. The third kappa shape index (κ3) is 6.44. The number of hydrogen-bond donors (Lipinski definition) is 1. The second kappa shape index (κ2) is 11.3. The van der Waals surface area contributed by atoms with Crippen molar-refractivity contribution in [3.05, 3.63) is 11.6 Å². The van der Waals surface area contributed by atoms with Crippen LogP contribution in [0.5, 0.6) is 0 Å². The van der Waals surface area contributed by atoms with Crippen molar-refractivity contribution in [3.63, 3.8) is 0 Å². The number of rotatable bonds is 10. The van der Waals surface area contributed by atoms with Crippen LogP contribution in [0.3, 0.4) is 0 Å². The van der Waals surface area contributed by atoms with Crippen LogP contribution in [-0.4, -0.2) is 43.4 Å². The molecule has 0 bridgehead atoms. The highest BCUT2D eigenvalue weighted by atomic mass is 16.5. The lowest BCUT2D eigenvalue weighted by molar-refractivity contribution is -0.157. The van der Waals surface area contributed by atoms with Crippen molar-refractivity contribution in [2.75, 3.05) is 13.2 Å². The van der Waals surface area contributed by atoms with Crippen LogP contribution in [0.4, 0.5) is 0 Å². The number of esters is 2. The summed E-state index contributed by atoms with van der Waals surface area (Å²) in [4.78, 5) is 24.6. The van der Waals surface area contributed by atoms with Crippen LogP contribution in [0.25, 0.3) is 0 Å². The van der Waals surface area contributed by atoms with Gasteiger partial charge in [-0.1, -0.05) is 27.2 Å². The maximum atomic E-state index is 12.5. The highest BCUT2D eigenvalue weighted by molar-refractivity contribution is 5.89. The number of hydrogen-bond acceptors (Lipinski definition) is 6. The Morgan fingerprint density at radius 1 is 1.20 bits per heavy atom. The Balaban J connectivity index is 2.98. The molecule has 0 amide bonds. The topological polar surface area (TPSA) is 87.9 Å². The van der Waals surface area contributed by atoms with E-state index in [9.17, 15) is 9.59 Å². The van der Waals surface area contributed by atoms with Gasteiger partial charge in [-0.2, -0.15) is 0 Å². The van der Waals surface area contributed by atoms with Gasteiger partial charge in [-0.3, -0.25) is 4.79 Å². The molecule has 1 aliphatic carbocycles. The molecule has 1 rings (SSSR count). The Labute approximate surface area is 151 Å². The van der Waals surface area contributed by atoms with E-state index in [-0.39, 0.29) is 18.5 Å². The highest BCUT2D eigenvalue weighted by Gasteiger charge is 2.40. The predicted molar refractivity (Wildman–Crippen MR) is 95.9 cm³/mol.